The Kier molecular flexibility index (Phi) is 8.76. The van der Waals surface area contributed by atoms with Gasteiger partial charge in [0, 0.05) is 68.9 Å². The van der Waals surface area contributed by atoms with E-state index in [2.05, 4.69) is 180 Å². The SMILES string of the molecule is CC1(C)c2ccccc2-c2cc3c4ccccc4n(-c4cc(-c5cccc(-c6cccc(-c7cccnc7)n6)c5)cc(-c5cccc(-c6cccc(-c7cccnc7)n6)c5)c4)c3cc21. The molecule has 0 atom stereocenters. The molecule has 0 fully saturated rings. The summed E-state index contributed by atoms with van der Waals surface area (Å²) in [6, 6.07) is 67.6. The van der Waals surface area contributed by atoms with Gasteiger partial charge in [0.1, 0.15) is 0 Å². The molecule has 0 radical (unpaired) electrons. The van der Waals surface area contributed by atoms with Crippen LogP contribution in [0.3, 0.4) is 0 Å². The van der Waals surface area contributed by atoms with E-state index in [9.17, 15) is 0 Å². The minimum Gasteiger partial charge on any atom is -0.309 e. The molecular weight excluding hydrogens is 779 g/mol. The molecule has 0 saturated heterocycles. The number of para-hydroxylation sites is 1. The zero-order chi connectivity index (χ0) is 42.8. The Hall–Kier alpha value is -8.28. The molecule has 0 spiro atoms. The van der Waals surface area contributed by atoms with E-state index in [1.807, 2.05) is 48.8 Å². The summed E-state index contributed by atoms with van der Waals surface area (Å²) in [5, 5.41) is 2.48. The second-order valence-corrected chi connectivity index (χ2v) is 17.2. The lowest BCUT2D eigenvalue weighted by Crippen LogP contribution is -2.15. The van der Waals surface area contributed by atoms with Gasteiger partial charge in [-0.25, -0.2) is 9.97 Å². The highest BCUT2D eigenvalue weighted by molar-refractivity contribution is 6.12. The van der Waals surface area contributed by atoms with E-state index < -0.39 is 0 Å². The van der Waals surface area contributed by atoms with Gasteiger partial charge in [0.05, 0.1) is 33.8 Å². The van der Waals surface area contributed by atoms with Crippen LogP contribution >= 0.6 is 0 Å². The third-order valence-electron chi connectivity index (χ3n) is 12.9. The molecule has 0 aliphatic heterocycles. The van der Waals surface area contributed by atoms with Crippen molar-refractivity contribution < 1.29 is 0 Å². The van der Waals surface area contributed by atoms with Crippen molar-refractivity contribution in [3.8, 4) is 84.1 Å². The maximum atomic E-state index is 5.11. The summed E-state index contributed by atoms with van der Waals surface area (Å²) < 4.78 is 2.47. The van der Waals surface area contributed by atoms with Crippen molar-refractivity contribution in [2.75, 3.05) is 0 Å². The summed E-state index contributed by atoms with van der Waals surface area (Å²) in [4.78, 5) is 18.9. The molecule has 11 aromatic rings. The Labute approximate surface area is 372 Å². The van der Waals surface area contributed by atoms with Gasteiger partial charge in [-0.2, -0.15) is 0 Å². The molecule has 0 N–H and O–H groups in total. The van der Waals surface area contributed by atoms with Crippen LogP contribution in [0, 0.1) is 0 Å². The molecule has 0 saturated carbocycles. The predicted molar refractivity (Wildman–Crippen MR) is 262 cm³/mol. The van der Waals surface area contributed by atoms with Crippen molar-refractivity contribution in [1.82, 2.24) is 24.5 Å². The van der Waals surface area contributed by atoms with E-state index in [0.717, 1.165) is 73.0 Å². The largest absolute Gasteiger partial charge is 0.309 e. The minimum absolute atomic E-state index is 0.139. The second kappa shape index (κ2) is 15.0. The molecule has 0 amide bonds. The highest BCUT2D eigenvalue weighted by Crippen LogP contribution is 2.51. The minimum atomic E-state index is -0.139. The molecule has 1 aliphatic rings. The topological polar surface area (TPSA) is 56.5 Å². The van der Waals surface area contributed by atoms with Crippen molar-refractivity contribution in [2.45, 2.75) is 19.3 Å². The fourth-order valence-corrected chi connectivity index (χ4v) is 9.77. The van der Waals surface area contributed by atoms with Gasteiger partial charge in [-0.15, -0.1) is 0 Å². The number of pyridine rings is 4. The number of rotatable bonds is 7. The molecule has 5 aromatic heterocycles. The maximum Gasteiger partial charge on any atom is 0.0725 e. The van der Waals surface area contributed by atoms with Gasteiger partial charge in [-0.3, -0.25) is 9.97 Å². The van der Waals surface area contributed by atoms with Gasteiger partial charge in [0.25, 0.3) is 0 Å². The van der Waals surface area contributed by atoms with E-state index in [0.29, 0.717) is 0 Å². The van der Waals surface area contributed by atoms with Gasteiger partial charge in [0.2, 0.25) is 0 Å². The standard InChI is InChI=1S/C59H41N5/c1-59(2)51-21-5-3-19-47(51)49-34-50-48-20-4-6-26-57(48)64(58(50)35-52(49)59)46-32-44(38-13-7-15-40(29-38)53-22-9-24-55(62-53)42-17-11-27-60-36-42)31-45(33-46)39-14-8-16-41(30-39)54-23-10-25-56(63-54)43-18-12-28-61-37-43/h3-37H,1-2H3. The van der Waals surface area contributed by atoms with E-state index in [1.54, 1.807) is 12.4 Å². The molecule has 1 aliphatic carbocycles. The van der Waals surface area contributed by atoms with Crippen molar-refractivity contribution >= 4 is 21.8 Å². The zero-order valence-electron chi connectivity index (χ0n) is 35.4. The Morgan fingerprint density at radius 3 is 1.48 bits per heavy atom. The van der Waals surface area contributed by atoms with Crippen LogP contribution in [0.4, 0.5) is 0 Å². The lowest BCUT2D eigenvalue weighted by molar-refractivity contribution is 0.661. The lowest BCUT2D eigenvalue weighted by Gasteiger charge is -2.22. The highest BCUT2D eigenvalue weighted by Gasteiger charge is 2.36. The first-order valence-corrected chi connectivity index (χ1v) is 21.8. The van der Waals surface area contributed by atoms with Crippen LogP contribution in [0.25, 0.3) is 106 Å². The van der Waals surface area contributed by atoms with Crippen LogP contribution in [0.15, 0.2) is 213 Å². The summed E-state index contributed by atoms with van der Waals surface area (Å²) in [5.41, 5.74) is 20.8. The van der Waals surface area contributed by atoms with Gasteiger partial charge >= 0.3 is 0 Å². The average Bonchev–Trinajstić information content (AvgIpc) is 3.81. The Morgan fingerprint density at radius 2 is 0.875 bits per heavy atom. The van der Waals surface area contributed by atoms with Gasteiger partial charge in [-0.05, 0) is 142 Å². The predicted octanol–water partition coefficient (Wildman–Crippen LogP) is 14.7. The molecule has 0 bridgehead atoms. The Morgan fingerprint density at radius 1 is 0.359 bits per heavy atom. The van der Waals surface area contributed by atoms with Crippen molar-refractivity contribution in [1.29, 1.82) is 0 Å². The quantitative estimate of drug-likeness (QED) is 0.161. The summed E-state index contributed by atoms with van der Waals surface area (Å²) in [7, 11) is 0. The smallest absolute Gasteiger partial charge is 0.0725 e. The first kappa shape index (κ1) is 37.5. The van der Waals surface area contributed by atoms with Crippen molar-refractivity contribution in [3.05, 3.63) is 224 Å². The molecule has 6 aromatic carbocycles. The first-order valence-electron chi connectivity index (χ1n) is 21.8. The van der Waals surface area contributed by atoms with Gasteiger partial charge in [0.15, 0.2) is 0 Å². The fraction of sp³-hybridized carbons (Fsp3) is 0.0508. The molecule has 64 heavy (non-hydrogen) atoms. The number of hydrogen-bond acceptors (Lipinski definition) is 4. The zero-order valence-corrected chi connectivity index (χ0v) is 35.4. The second-order valence-electron chi connectivity index (χ2n) is 17.2. The van der Waals surface area contributed by atoms with Crippen molar-refractivity contribution in [3.63, 3.8) is 0 Å². The molecule has 0 unspecified atom stereocenters. The number of aromatic nitrogens is 5. The lowest BCUT2D eigenvalue weighted by atomic mass is 9.82. The summed E-state index contributed by atoms with van der Waals surface area (Å²) >= 11 is 0. The third-order valence-corrected chi connectivity index (χ3v) is 12.9. The summed E-state index contributed by atoms with van der Waals surface area (Å²) in [5.74, 6) is 0. The van der Waals surface area contributed by atoms with Gasteiger partial charge < -0.3 is 4.57 Å². The number of benzene rings is 6. The normalized spacial score (nSPS) is 12.7. The van der Waals surface area contributed by atoms with E-state index in [4.69, 9.17) is 9.97 Å². The van der Waals surface area contributed by atoms with Crippen LogP contribution in [-0.4, -0.2) is 24.5 Å². The first-order chi connectivity index (χ1) is 31.5. The van der Waals surface area contributed by atoms with Crippen LogP contribution in [0.1, 0.15) is 25.0 Å². The fourth-order valence-electron chi connectivity index (χ4n) is 9.77. The third kappa shape index (κ3) is 6.32. The van der Waals surface area contributed by atoms with Crippen LogP contribution in [0.2, 0.25) is 0 Å². The summed E-state index contributed by atoms with van der Waals surface area (Å²) in [6.45, 7) is 4.72. The van der Waals surface area contributed by atoms with Crippen LogP contribution in [0.5, 0.6) is 0 Å². The number of hydrogen-bond donors (Lipinski definition) is 0. The summed E-state index contributed by atoms with van der Waals surface area (Å²) in [6.07, 6.45) is 7.31. The number of nitrogens with zero attached hydrogens (tertiary/aromatic N) is 5. The Balaban J connectivity index is 1.06. The molecule has 302 valence electrons. The Bertz CT molecular complexity index is 3440. The highest BCUT2D eigenvalue weighted by atomic mass is 15.0. The van der Waals surface area contributed by atoms with E-state index in [1.165, 1.54) is 44.1 Å². The molecule has 12 rings (SSSR count). The van der Waals surface area contributed by atoms with E-state index >= 15 is 0 Å². The average molecular weight is 820 g/mol. The molecule has 5 heterocycles. The number of fused-ring (bicyclic) bond motifs is 6. The molecular formula is C59H41N5. The molecule has 5 nitrogen and oxygen atoms in total. The van der Waals surface area contributed by atoms with Crippen LogP contribution < -0.4 is 0 Å². The molecule has 5 heteroatoms. The maximum absolute atomic E-state index is 5.11. The van der Waals surface area contributed by atoms with Crippen molar-refractivity contribution in [2.24, 2.45) is 0 Å². The van der Waals surface area contributed by atoms with Gasteiger partial charge in [-0.1, -0.05) is 105 Å². The van der Waals surface area contributed by atoms with Crippen LogP contribution in [-0.2, 0) is 5.41 Å². The monoisotopic (exact) mass is 819 g/mol. The van der Waals surface area contributed by atoms with E-state index in [-0.39, 0.29) is 5.41 Å².